The van der Waals surface area contributed by atoms with Crippen LogP contribution in [0, 0.1) is 11.2 Å². The second kappa shape index (κ2) is 10.4. The highest BCUT2D eigenvalue weighted by molar-refractivity contribution is 7.89. The fraction of sp³-hybridized carbons (Fsp3) is 0.355. The van der Waals surface area contributed by atoms with E-state index < -0.39 is 44.8 Å². The molecule has 3 heterocycles. The third-order valence-corrected chi connectivity index (χ3v) is 10.9. The van der Waals surface area contributed by atoms with Crippen molar-refractivity contribution < 1.29 is 30.8 Å². The number of allylic oxidation sites excluding steroid dienone is 1. The van der Waals surface area contributed by atoms with Crippen LogP contribution >= 0.6 is 0 Å². The smallest absolute Gasteiger partial charge is 0.291 e. The predicted molar refractivity (Wildman–Crippen MR) is 154 cm³/mol. The van der Waals surface area contributed by atoms with Gasteiger partial charge in [0.2, 0.25) is 0 Å². The molecule has 3 aromatic heterocycles. The standard InChI is InChI=1S/C31H28F4N6O3S/c1-39(45(43,44)28-11-13-40(38-28)23-8-9-23)25-5-2-20-15-27-19(18-37-41(27)24-6-3-22(32)4-7-24)16-30(20,17-25)29(42)26-14-21(10-12-36-26)31(33,34)35/h3-4,6-7,10-15,18,23,25H,2,5,8-9,16-17H2,1H3/t25-,30-/m0/s1. The van der Waals surface area contributed by atoms with Crippen LogP contribution in [0.2, 0.25) is 0 Å². The quantitative estimate of drug-likeness (QED) is 0.192. The Morgan fingerprint density at radius 3 is 2.56 bits per heavy atom. The van der Waals surface area contributed by atoms with Crippen LogP contribution in [-0.2, 0) is 22.6 Å². The molecule has 0 amide bonds. The largest absolute Gasteiger partial charge is 0.416 e. The van der Waals surface area contributed by atoms with Crippen LogP contribution in [0.1, 0.15) is 65.5 Å². The van der Waals surface area contributed by atoms with Gasteiger partial charge in [-0.2, -0.15) is 27.7 Å². The second-order valence-electron chi connectivity index (χ2n) is 11.9. The number of halogens is 4. The Hall–Kier alpha value is -4.17. The summed E-state index contributed by atoms with van der Waals surface area (Å²) in [6, 6.07) is 8.31. The molecule has 1 aromatic carbocycles. The van der Waals surface area contributed by atoms with Gasteiger partial charge in [0.05, 0.1) is 34.6 Å². The lowest BCUT2D eigenvalue weighted by Gasteiger charge is -2.45. The maximum absolute atomic E-state index is 14.4. The van der Waals surface area contributed by atoms with E-state index in [9.17, 15) is 30.8 Å². The Labute approximate surface area is 256 Å². The van der Waals surface area contributed by atoms with Gasteiger partial charge in [-0.3, -0.25) is 14.5 Å². The zero-order valence-electron chi connectivity index (χ0n) is 24.1. The minimum Gasteiger partial charge on any atom is -0.291 e. The lowest BCUT2D eigenvalue weighted by molar-refractivity contribution is -0.137. The van der Waals surface area contributed by atoms with Crippen molar-refractivity contribution >= 4 is 21.9 Å². The van der Waals surface area contributed by atoms with Crippen molar-refractivity contribution in [2.45, 2.75) is 61.8 Å². The van der Waals surface area contributed by atoms with E-state index in [1.807, 2.05) is 6.08 Å². The van der Waals surface area contributed by atoms with Gasteiger partial charge in [-0.15, -0.1) is 0 Å². The molecule has 2 fully saturated rings. The maximum atomic E-state index is 14.4. The van der Waals surface area contributed by atoms with E-state index in [2.05, 4.69) is 15.2 Å². The van der Waals surface area contributed by atoms with Crippen LogP contribution in [0.25, 0.3) is 11.8 Å². The maximum Gasteiger partial charge on any atom is 0.416 e. The molecule has 4 aromatic rings. The summed E-state index contributed by atoms with van der Waals surface area (Å²) in [5.41, 5.74) is -0.150. The Kier molecular flexibility index (Phi) is 6.85. The average Bonchev–Trinajstić information content (AvgIpc) is 3.60. The highest BCUT2D eigenvalue weighted by atomic mass is 32.2. The molecule has 3 aliphatic carbocycles. The van der Waals surface area contributed by atoms with Gasteiger partial charge in [-0.1, -0.05) is 5.57 Å². The summed E-state index contributed by atoms with van der Waals surface area (Å²) in [6.45, 7) is 0. The zero-order valence-corrected chi connectivity index (χ0v) is 24.9. The topological polar surface area (TPSA) is 103 Å². The van der Waals surface area contributed by atoms with E-state index >= 15 is 0 Å². The molecule has 2 atom stereocenters. The Balaban J connectivity index is 1.29. The number of fused-ring (bicyclic) bond motifs is 2. The zero-order chi connectivity index (χ0) is 31.7. The molecule has 3 aliphatic rings. The number of carbonyl (C=O) groups excluding carboxylic acids is 1. The van der Waals surface area contributed by atoms with Crippen LogP contribution in [0.15, 0.2) is 71.7 Å². The molecule has 0 aliphatic heterocycles. The van der Waals surface area contributed by atoms with Crippen molar-refractivity contribution in [3.63, 3.8) is 0 Å². The Bertz CT molecular complexity index is 1950. The van der Waals surface area contributed by atoms with Crippen molar-refractivity contribution in [2.75, 3.05) is 7.05 Å². The van der Waals surface area contributed by atoms with Gasteiger partial charge in [-0.25, -0.2) is 17.5 Å². The lowest BCUT2D eigenvalue weighted by atomic mass is 9.60. The summed E-state index contributed by atoms with van der Waals surface area (Å²) in [4.78, 5) is 18.5. The van der Waals surface area contributed by atoms with Gasteiger partial charge in [0.25, 0.3) is 10.0 Å². The molecule has 9 nitrogen and oxygen atoms in total. The van der Waals surface area contributed by atoms with E-state index in [0.29, 0.717) is 35.4 Å². The monoisotopic (exact) mass is 640 g/mol. The first-order valence-corrected chi connectivity index (χ1v) is 16.0. The summed E-state index contributed by atoms with van der Waals surface area (Å²) in [5.74, 6) is -1.03. The molecular weight excluding hydrogens is 612 g/mol. The molecule has 0 bridgehead atoms. The number of Topliss-reactive ketones (excluding diaryl/α,β-unsaturated/α-hetero) is 1. The van der Waals surface area contributed by atoms with Crippen LogP contribution in [0.5, 0.6) is 0 Å². The summed E-state index contributed by atoms with van der Waals surface area (Å²) in [7, 11) is -2.59. The number of rotatable bonds is 7. The number of hydrogen-bond acceptors (Lipinski definition) is 6. The summed E-state index contributed by atoms with van der Waals surface area (Å²) in [5, 5.41) is 8.68. The van der Waals surface area contributed by atoms with Gasteiger partial charge in [0.1, 0.15) is 11.5 Å². The minimum atomic E-state index is -4.68. The number of sulfonamides is 1. The summed E-state index contributed by atoms with van der Waals surface area (Å²) < 4.78 is 86.4. The molecule has 0 spiro atoms. The fourth-order valence-electron chi connectivity index (χ4n) is 6.50. The Morgan fingerprint density at radius 2 is 1.84 bits per heavy atom. The van der Waals surface area contributed by atoms with Crippen LogP contribution in [-0.4, -0.2) is 56.1 Å². The van der Waals surface area contributed by atoms with Crippen LogP contribution in [0.3, 0.4) is 0 Å². The van der Waals surface area contributed by atoms with Crippen LogP contribution in [0.4, 0.5) is 17.6 Å². The van der Waals surface area contributed by atoms with E-state index in [4.69, 9.17) is 0 Å². The lowest BCUT2D eigenvalue weighted by Crippen LogP contribution is -2.49. The first kappa shape index (κ1) is 29.5. The number of aromatic nitrogens is 5. The van der Waals surface area contributed by atoms with Gasteiger partial charge in [0, 0.05) is 25.5 Å². The SMILES string of the molecule is CN([C@H]1CCC2=Cc3c(cnn3-c3ccc(F)cc3)C[C@]2(C(=O)c2cc(C(F)(F)F)ccn2)C1)S(=O)(=O)c1ccn(C2CC2)n1. The first-order chi connectivity index (χ1) is 21.4. The van der Waals surface area contributed by atoms with Gasteiger partial charge in [0.15, 0.2) is 10.8 Å². The molecule has 7 rings (SSSR count). The number of alkyl halides is 3. The van der Waals surface area contributed by atoms with Crippen LogP contribution < -0.4 is 0 Å². The first-order valence-electron chi connectivity index (χ1n) is 14.5. The summed E-state index contributed by atoms with van der Waals surface area (Å²) >= 11 is 0. The van der Waals surface area contributed by atoms with E-state index in [1.165, 1.54) is 29.6 Å². The number of nitrogens with zero attached hydrogens (tertiary/aromatic N) is 6. The van der Waals surface area contributed by atoms with Gasteiger partial charge < -0.3 is 0 Å². The molecule has 2 saturated carbocycles. The fourth-order valence-corrected chi connectivity index (χ4v) is 7.80. The second-order valence-corrected chi connectivity index (χ2v) is 13.9. The molecule has 14 heteroatoms. The minimum absolute atomic E-state index is 0.0236. The number of pyridine rings is 1. The number of hydrogen-bond donors (Lipinski definition) is 0. The molecule has 234 valence electrons. The molecule has 45 heavy (non-hydrogen) atoms. The highest BCUT2D eigenvalue weighted by Gasteiger charge is 2.51. The van der Waals surface area contributed by atoms with Crippen molar-refractivity contribution in [1.82, 2.24) is 28.9 Å². The highest BCUT2D eigenvalue weighted by Crippen LogP contribution is 2.51. The van der Waals surface area contributed by atoms with E-state index in [0.717, 1.165) is 31.2 Å². The molecule has 0 radical (unpaired) electrons. The Morgan fingerprint density at radius 1 is 1.09 bits per heavy atom. The van der Waals surface area contributed by atoms with Gasteiger partial charge in [-0.05, 0) is 92.6 Å². The van der Waals surface area contributed by atoms with Crippen molar-refractivity contribution in [3.05, 3.63) is 95.0 Å². The predicted octanol–water partition coefficient (Wildman–Crippen LogP) is 5.64. The number of carbonyl (C=O) groups is 1. The average molecular weight is 641 g/mol. The molecular formula is C31H28F4N6O3S. The molecule has 0 saturated heterocycles. The number of ketones is 1. The van der Waals surface area contributed by atoms with Crippen molar-refractivity contribution in [3.8, 4) is 5.69 Å². The third-order valence-electron chi connectivity index (χ3n) is 9.12. The van der Waals surface area contributed by atoms with Crippen molar-refractivity contribution in [2.24, 2.45) is 5.41 Å². The number of benzene rings is 1. The summed E-state index contributed by atoms with van der Waals surface area (Å²) in [6.07, 6.45) is 3.95. The van der Waals surface area contributed by atoms with E-state index in [1.54, 1.807) is 33.9 Å². The third kappa shape index (κ3) is 5.09. The molecule has 0 unspecified atom stereocenters. The van der Waals surface area contributed by atoms with E-state index in [-0.39, 0.29) is 29.6 Å². The molecule has 0 N–H and O–H groups in total. The van der Waals surface area contributed by atoms with Crippen molar-refractivity contribution in [1.29, 1.82) is 0 Å². The normalized spacial score (nSPS) is 21.7. The van der Waals surface area contributed by atoms with Gasteiger partial charge >= 0.3 is 6.18 Å².